The Kier molecular flexibility index (Phi) is 9.20. The van der Waals surface area contributed by atoms with Gasteiger partial charge >= 0.3 is 0 Å². The Bertz CT molecular complexity index is 3660. The normalized spacial score (nSPS) is 11.4. The van der Waals surface area contributed by atoms with Crippen LogP contribution < -0.4 is 4.90 Å². The first kappa shape index (κ1) is 37.3. The van der Waals surface area contributed by atoms with Gasteiger partial charge in [-0.15, -0.1) is 0 Å². The lowest BCUT2D eigenvalue weighted by atomic mass is 9.93. The van der Waals surface area contributed by atoms with Gasteiger partial charge in [-0.05, 0) is 109 Å². The van der Waals surface area contributed by atoms with Crippen LogP contribution in [0.5, 0.6) is 0 Å². The summed E-state index contributed by atoms with van der Waals surface area (Å²) in [6.45, 7) is 0. The van der Waals surface area contributed by atoms with E-state index in [-0.39, 0.29) is 0 Å². The molecule has 0 aliphatic heterocycles. The molecule has 0 aliphatic carbocycles. The molecule has 0 N–H and O–H groups in total. The smallest absolute Gasteiger partial charge is 0.143 e. The standard InChI is InChI=1S/C62H41NO/c1-3-15-42(16-4-1)48-22-13-23-49(39-48)44-31-35-52(36-32-44)63(59-41-51(34-37-53(59)45-18-5-2-6-19-45)50-30-29-43-17-7-8-21-47(43)40-50)58-27-12-11-25-55(58)56-26-14-28-60-61(56)57-38-33-46-20-9-10-24-54(46)62(57)64-60/h1-41H. The summed E-state index contributed by atoms with van der Waals surface area (Å²) in [5, 5.41) is 6.94. The van der Waals surface area contributed by atoms with E-state index in [1.807, 2.05) is 0 Å². The Morgan fingerprint density at radius 1 is 0.281 bits per heavy atom. The van der Waals surface area contributed by atoms with E-state index in [1.165, 1.54) is 33.0 Å². The van der Waals surface area contributed by atoms with Gasteiger partial charge in [0.05, 0.1) is 11.4 Å². The molecule has 0 bridgehead atoms. The second kappa shape index (κ2) is 15.8. The predicted octanol–water partition coefficient (Wildman–Crippen LogP) is 17.7. The molecule has 0 saturated carbocycles. The van der Waals surface area contributed by atoms with Crippen LogP contribution in [0.2, 0.25) is 0 Å². The molecule has 2 nitrogen and oxygen atoms in total. The average Bonchev–Trinajstić information content (AvgIpc) is 3.77. The first-order valence-corrected chi connectivity index (χ1v) is 21.9. The van der Waals surface area contributed by atoms with Crippen molar-refractivity contribution in [3.05, 3.63) is 249 Å². The number of fused-ring (bicyclic) bond motifs is 6. The van der Waals surface area contributed by atoms with Crippen LogP contribution in [0.3, 0.4) is 0 Å². The average molecular weight is 816 g/mol. The Morgan fingerprint density at radius 2 is 0.844 bits per heavy atom. The van der Waals surface area contributed by atoms with Crippen LogP contribution in [0.15, 0.2) is 253 Å². The molecular formula is C62H41NO. The topological polar surface area (TPSA) is 16.4 Å². The minimum atomic E-state index is 0.871. The number of hydrogen-bond donors (Lipinski definition) is 0. The molecule has 0 spiro atoms. The fourth-order valence-electron chi connectivity index (χ4n) is 9.52. The molecule has 0 unspecified atom stereocenters. The van der Waals surface area contributed by atoms with E-state index in [9.17, 15) is 0 Å². The highest BCUT2D eigenvalue weighted by molar-refractivity contribution is 6.20. The van der Waals surface area contributed by atoms with Gasteiger partial charge in [-0.2, -0.15) is 0 Å². The zero-order valence-corrected chi connectivity index (χ0v) is 35.0. The molecule has 0 saturated heterocycles. The van der Waals surface area contributed by atoms with Gasteiger partial charge < -0.3 is 9.32 Å². The van der Waals surface area contributed by atoms with Crippen LogP contribution in [-0.2, 0) is 0 Å². The minimum absolute atomic E-state index is 0.871. The summed E-state index contributed by atoms with van der Waals surface area (Å²) < 4.78 is 6.75. The highest BCUT2D eigenvalue weighted by Gasteiger charge is 2.24. The number of rotatable bonds is 8. The van der Waals surface area contributed by atoms with E-state index in [2.05, 4.69) is 254 Å². The Hall–Kier alpha value is -8.46. The largest absolute Gasteiger partial charge is 0.455 e. The summed E-state index contributed by atoms with van der Waals surface area (Å²) in [5.41, 5.74) is 16.6. The van der Waals surface area contributed by atoms with Gasteiger partial charge in [0.15, 0.2) is 0 Å². The van der Waals surface area contributed by atoms with Crippen molar-refractivity contribution in [2.45, 2.75) is 0 Å². The van der Waals surface area contributed by atoms with E-state index in [1.54, 1.807) is 0 Å². The number of furan rings is 1. The van der Waals surface area contributed by atoms with Crippen LogP contribution in [0, 0.1) is 0 Å². The number of hydrogen-bond acceptors (Lipinski definition) is 2. The number of benzene rings is 11. The fourth-order valence-corrected chi connectivity index (χ4v) is 9.52. The summed E-state index contributed by atoms with van der Waals surface area (Å²) in [4.78, 5) is 2.46. The van der Waals surface area contributed by atoms with Crippen LogP contribution >= 0.6 is 0 Å². The zero-order chi connectivity index (χ0) is 42.4. The third-order valence-electron chi connectivity index (χ3n) is 12.7. The van der Waals surface area contributed by atoms with E-state index in [0.29, 0.717) is 0 Å². The molecule has 12 rings (SSSR count). The summed E-state index contributed by atoms with van der Waals surface area (Å²) in [6, 6.07) is 89.8. The molecule has 0 amide bonds. The van der Waals surface area contributed by atoms with Gasteiger partial charge in [-0.25, -0.2) is 0 Å². The highest BCUT2D eigenvalue weighted by Crippen LogP contribution is 2.49. The Morgan fingerprint density at radius 3 is 1.66 bits per heavy atom. The van der Waals surface area contributed by atoms with Crippen LogP contribution in [-0.4, -0.2) is 0 Å². The molecule has 300 valence electrons. The molecule has 0 atom stereocenters. The monoisotopic (exact) mass is 815 g/mol. The van der Waals surface area contributed by atoms with Crippen molar-refractivity contribution in [2.75, 3.05) is 4.90 Å². The molecule has 64 heavy (non-hydrogen) atoms. The Balaban J connectivity index is 1.09. The molecule has 0 radical (unpaired) electrons. The van der Waals surface area contributed by atoms with E-state index >= 15 is 0 Å². The first-order valence-electron chi connectivity index (χ1n) is 21.9. The maximum atomic E-state index is 6.75. The molecule has 0 fully saturated rings. The Labute approximate surface area is 372 Å². The predicted molar refractivity (Wildman–Crippen MR) is 271 cm³/mol. The van der Waals surface area contributed by atoms with Crippen molar-refractivity contribution in [2.24, 2.45) is 0 Å². The van der Waals surface area contributed by atoms with E-state index in [0.717, 1.165) is 83.2 Å². The lowest BCUT2D eigenvalue weighted by Crippen LogP contribution is -2.12. The summed E-state index contributed by atoms with van der Waals surface area (Å²) in [7, 11) is 0. The first-order chi connectivity index (χ1) is 31.7. The second-order valence-electron chi connectivity index (χ2n) is 16.5. The van der Waals surface area contributed by atoms with Crippen LogP contribution in [0.4, 0.5) is 17.1 Å². The molecule has 1 heterocycles. The molecular weight excluding hydrogens is 775 g/mol. The summed E-state index contributed by atoms with van der Waals surface area (Å²) in [6.07, 6.45) is 0. The number of para-hydroxylation sites is 1. The number of anilines is 3. The fraction of sp³-hybridized carbons (Fsp3) is 0. The second-order valence-corrected chi connectivity index (χ2v) is 16.5. The quantitative estimate of drug-likeness (QED) is 0.152. The van der Waals surface area contributed by atoms with Crippen LogP contribution in [0.25, 0.3) is 99.1 Å². The van der Waals surface area contributed by atoms with Gasteiger partial charge in [0.1, 0.15) is 11.2 Å². The zero-order valence-electron chi connectivity index (χ0n) is 35.0. The van der Waals surface area contributed by atoms with Crippen molar-refractivity contribution in [1.82, 2.24) is 0 Å². The van der Waals surface area contributed by atoms with Crippen molar-refractivity contribution >= 4 is 60.5 Å². The van der Waals surface area contributed by atoms with Crippen molar-refractivity contribution in [1.29, 1.82) is 0 Å². The number of nitrogens with zero attached hydrogens (tertiary/aromatic N) is 1. The molecule has 2 heteroatoms. The molecule has 11 aromatic carbocycles. The van der Waals surface area contributed by atoms with E-state index in [4.69, 9.17) is 4.42 Å². The van der Waals surface area contributed by atoms with Gasteiger partial charge in [0.25, 0.3) is 0 Å². The maximum Gasteiger partial charge on any atom is 0.143 e. The third kappa shape index (κ3) is 6.61. The van der Waals surface area contributed by atoms with Gasteiger partial charge in [-0.3, -0.25) is 0 Å². The van der Waals surface area contributed by atoms with Gasteiger partial charge in [-0.1, -0.05) is 200 Å². The van der Waals surface area contributed by atoms with Crippen molar-refractivity contribution in [3.8, 4) is 55.6 Å². The SMILES string of the molecule is c1ccc(-c2cccc(-c3ccc(N(c4cc(-c5ccc6ccccc6c5)ccc4-c4ccccc4)c4ccccc4-c4cccc5oc6c7ccccc7ccc6c45)cc3)c2)cc1. The minimum Gasteiger partial charge on any atom is -0.455 e. The molecule has 12 aromatic rings. The molecule has 1 aromatic heterocycles. The lowest BCUT2D eigenvalue weighted by Gasteiger charge is -2.30. The van der Waals surface area contributed by atoms with Gasteiger partial charge in [0, 0.05) is 33.0 Å². The lowest BCUT2D eigenvalue weighted by molar-refractivity contribution is 0.673. The summed E-state index contributed by atoms with van der Waals surface area (Å²) >= 11 is 0. The van der Waals surface area contributed by atoms with Crippen LogP contribution in [0.1, 0.15) is 0 Å². The highest BCUT2D eigenvalue weighted by atomic mass is 16.3. The van der Waals surface area contributed by atoms with Crippen molar-refractivity contribution < 1.29 is 4.42 Å². The molecule has 0 aliphatic rings. The maximum absolute atomic E-state index is 6.75. The third-order valence-corrected chi connectivity index (χ3v) is 12.7. The van der Waals surface area contributed by atoms with E-state index < -0.39 is 0 Å². The summed E-state index contributed by atoms with van der Waals surface area (Å²) in [5.74, 6) is 0. The van der Waals surface area contributed by atoms with Crippen molar-refractivity contribution in [3.63, 3.8) is 0 Å². The van der Waals surface area contributed by atoms with Gasteiger partial charge in [0.2, 0.25) is 0 Å².